The average Bonchev–Trinajstić information content (AvgIpc) is 2.81. The van der Waals surface area contributed by atoms with Crippen LogP contribution in [0.25, 0.3) is 0 Å². The molecule has 2 heterocycles. The smallest absolute Gasteiger partial charge is 0.290 e. The summed E-state index contributed by atoms with van der Waals surface area (Å²) in [6.45, 7) is 5.28. The molecular weight excluding hydrogens is 204 g/mol. The number of hydrogen-bond acceptors (Lipinski definition) is 4. The first-order valence-electron chi connectivity index (χ1n) is 5.79. The first-order chi connectivity index (χ1) is 7.77. The van der Waals surface area contributed by atoms with Gasteiger partial charge in [-0.15, -0.1) is 0 Å². The Bertz CT molecular complexity index is 384. The Morgan fingerprint density at radius 1 is 1.56 bits per heavy atom. The van der Waals surface area contributed by atoms with Gasteiger partial charge < -0.3 is 10.3 Å². The van der Waals surface area contributed by atoms with Crippen LogP contribution in [0.2, 0.25) is 0 Å². The minimum atomic E-state index is -0.156. The van der Waals surface area contributed by atoms with E-state index >= 15 is 0 Å². The van der Waals surface area contributed by atoms with Crippen molar-refractivity contribution in [1.82, 2.24) is 14.9 Å². The van der Waals surface area contributed by atoms with Crippen LogP contribution in [0.15, 0.2) is 17.2 Å². The van der Waals surface area contributed by atoms with E-state index in [4.69, 9.17) is 0 Å². The van der Waals surface area contributed by atoms with Crippen molar-refractivity contribution in [2.75, 3.05) is 25.0 Å². The Morgan fingerprint density at radius 3 is 3.00 bits per heavy atom. The fraction of sp³-hybridized carbons (Fsp3) is 0.636. The maximum Gasteiger partial charge on any atom is 0.290 e. The molecule has 0 saturated carbocycles. The van der Waals surface area contributed by atoms with Crippen LogP contribution >= 0.6 is 0 Å². The molecule has 1 fully saturated rings. The van der Waals surface area contributed by atoms with Gasteiger partial charge in [0, 0.05) is 25.0 Å². The lowest BCUT2D eigenvalue weighted by atomic mass is 10.3. The number of H-pyrrole nitrogens is 1. The second-order valence-corrected chi connectivity index (χ2v) is 4.24. The van der Waals surface area contributed by atoms with Crippen molar-refractivity contribution in [1.29, 1.82) is 0 Å². The van der Waals surface area contributed by atoms with E-state index in [9.17, 15) is 4.79 Å². The van der Waals surface area contributed by atoms with E-state index < -0.39 is 0 Å². The molecule has 0 aromatic carbocycles. The summed E-state index contributed by atoms with van der Waals surface area (Å²) in [5.74, 6) is 0.411. The maximum absolute atomic E-state index is 11.4. The summed E-state index contributed by atoms with van der Waals surface area (Å²) in [6, 6.07) is 0.448. The predicted molar refractivity (Wildman–Crippen MR) is 63.6 cm³/mol. The molecule has 88 valence electrons. The van der Waals surface area contributed by atoms with Gasteiger partial charge in [-0.2, -0.15) is 0 Å². The lowest BCUT2D eigenvalue weighted by molar-refractivity contribution is 0.269. The van der Waals surface area contributed by atoms with Crippen LogP contribution in [0.3, 0.4) is 0 Å². The number of rotatable bonds is 4. The monoisotopic (exact) mass is 222 g/mol. The summed E-state index contributed by atoms with van der Waals surface area (Å²) in [5.41, 5.74) is -0.156. The van der Waals surface area contributed by atoms with Gasteiger partial charge >= 0.3 is 0 Å². The summed E-state index contributed by atoms with van der Waals surface area (Å²) in [4.78, 5) is 20.4. The molecule has 1 saturated heterocycles. The molecular formula is C11H18N4O. The Hall–Kier alpha value is -1.36. The molecule has 1 aromatic rings. The number of hydrogen-bond donors (Lipinski definition) is 2. The molecule has 0 aliphatic carbocycles. The largest absolute Gasteiger partial charge is 0.364 e. The lowest BCUT2D eigenvalue weighted by Gasteiger charge is -2.23. The Labute approximate surface area is 94.9 Å². The highest BCUT2D eigenvalue weighted by Gasteiger charge is 2.17. The van der Waals surface area contributed by atoms with Crippen LogP contribution in [0, 0.1) is 0 Å². The number of nitrogens with one attached hydrogen (secondary N) is 2. The average molecular weight is 222 g/mol. The number of anilines is 1. The fourth-order valence-corrected chi connectivity index (χ4v) is 2.03. The van der Waals surface area contributed by atoms with E-state index in [-0.39, 0.29) is 5.56 Å². The van der Waals surface area contributed by atoms with E-state index in [1.54, 1.807) is 6.20 Å². The minimum Gasteiger partial charge on any atom is -0.364 e. The molecule has 5 heteroatoms. The van der Waals surface area contributed by atoms with Crippen molar-refractivity contribution < 1.29 is 0 Å². The highest BCUT2D eigenvalue weighted by atomic mass is 16.1. The van der Waals surface area contributed by atoms with Gasteiger partial charge in [-0.3, -0.25) is 9.69 Å². The van der Waals surface area contributed by atoms with Crippen LogP contribution in [-0.2, 0) is 0 Å². The number of likely N-dealkylation sites (tertiary alicyclic amines) is 1. The number of nitrogens with zero attached hydrogens (tertiary/aromatic N) is 2. The van der Waals surface area contributed by atoms with E-state index in [0.29, 0.717) is 11.9 Å². The van der Waals surface area contributed by atoms with Crippen molar-refractivity contribution in [3.8, 4) is 0 Å². The molecule has 2 rings (SSSR count). The summed E-state index contributed by atoms with van der Waals surface area (Å²) >= 11 is 0. The molecule has 0 spiro atoms. The SMILES string of the molecule is CC(CNc1ncc[nH]c1=O)N1CCCC1. The van der Waals surface area contributed by atoms with E-state index in [2.05, 4.69) is 27.1 Å². The van der Waals surface area contributed by atoms with Gasteiger partial charge in [-0.05, 0) is 32.9 Å². The van der Waals surface area contributed by atoms with Gasteiger partial charge in [-0.1, -0.05) is 0 Å². The molecule has 5 nitrogen and oxygen atoms in total. The molecule has 0 bridgehead atoms. The van der Waals surface area contributed by atoms with Crippen LogP contribution in [0.4, 0.5) is 5.82 Å². The zero-order chi connectivity index (χ0) is 11.4. The van der Waals surface area contributed by atoms with Gasteiger partial charge in [0.25, 0.3) is 5.56 Å². The lowest BCUT2D eigenvalue weighted by Crippen LogP contribution is -2.36. The van der Waals surface area contributed by atoms with Gasteiger partial charge in [0.15, 0.2) is 5.82 Å². The molecule has 1 aliphatic rings. The minimum absolute atomic E-state index is 0.156. The van der Waals surface area contributed by atoms with Crippen molar-refractivity contribution in [3.63, 3.8) is 0 Å². The predicted octanol–water partition coefficient (Wildman–Crippen LogP) is 0.666. The molecule has 1 unspecified atom stereocenters. The van der Waals surface area contributed by atoms with Crippen LogP contribution < -0.4 is 10.9 Å². The molecule has 16 heavy (non-hydrogen) atoms. The zero-order valence-corrected chi connectivity index (χ0v) is 9.57. The van der Waals surface area contributed by atoms with Crippen molar-refractivity contribution in [2.45, 2.75) is 25.8 Å². The van der Waals surface area contributed by atoms with Crippen molar-refractivity contribution in [3.05, 3.63) is 22.7 Å². The molecule has 1 aromatic heterocycles. The first-order valence-corrected chi connectivity index (χ1v) is 5.79. The third-order valence-corrected chi connectivity index (χ3v) is 3.04. The summed E-state index contributed by atoms with van der Waals surface area (Å²) < 4.78 is 0. The molecule has 1 atom stereocenters. The van der Waals surface area contributed by atoms with Gasteiger partial charge in [0.1, 0.15) is 0 Å². The third kappa shape index (κ3) is 2.61. The number of aromatic amines is 1. The highest BCUT2D eigenvalue weighted by molar-refractivity contribution is 5.30. The topological polar surface area (TPSA) is 61.0 Å². The Morgan fingerprint density at radius 2 is 2.31 bits per heavy atom. The van der Waals surface area contributed by atoms with E-state index in [1.165, 1.54) is 32.1 Å². The highest BCUT2D eigenvalue weighted by Crippen LogP contribution is 2.11. The van der Waals surface area contributed by atoms with Crippen molar-refractivity contribution >= 4 is 5.82 Å². The quantitative estimate of drug-likeness (QED) is 0.786. The maximum atomic E-state index is 11.4. The Balaban J connectivity index is 1.87. The van der Waals surface area contributed by atoms with Crippen LogP contribution in [-0.4, -0.2) is 40.5 Å². The fourth-order valence-electron chi connectivity index (χ4n) is 2.03. The molecule has 0 radical (unpaired) electrons. The summed E-state index contributed by atoms with van der Waals surface area (Å²) in [5, 5.41) is 3.09. The van der Waals surface area contributed by atoms with Crippen LogP contribution in [0.1, 0.15) is 19.8 Å². The normalized spacial score (nSPS) is 18.6. The zero-order valence-electron chi connectivity index (χ0n) is 9.57. The standard InChI is InChI=1S/C11H18N4O/c1-9(15-6-2-3-7-15)8-14-10-11(16)13-5-4-12-10/h4-5,9H,2-3,6-8H2,1H3,(H,12,14)(H,13,16). The second kappa shape index (κ2) is 5.12. The second-order valence-electron chi connectivity index (χ2n) is 4.24. The molecule has 2 N–H and O–H groups in total. The van der Waals surface area contributed by atoms with Gasteiger partial charge in [-0.25, -0.2) is 4.98 Å². The van der Waals surface area contributed by atoms with Gasteiger partial charge in [0.2, 0.25) is 0 Å². The first kappa shape index (κ1) is 11.1. The Kier molecular flexibility index (Phi) is 3.56. The van der Waals surface area contributed by atoms with Crippen molar-refractivity contribution in [2.24, 2.45) is 0 Å². The van der Waals surface area contributed by atoms with E-state index in [1.807, 2.05) is 0 Å². The van der Waals surface area contributed by atoms with E-state index in [0.717, 1.165) is 6.54 Å². The third-order valence-electron chi connectivity index (χ3n) is 3.04. The molecule has 0 amide bonds. The van der Waals surface area contributed by atoms with Gasteiger partial charge in [0.05, 0.1) is 0 Å². The summed E-state index contributed by atoms with van der Waals surface area (Å²) in [6.07, 6.45) is 5.70. The molecule has 1 aliphatic heterocycles. The van der Waals surface area contributed by atoms with Crippen LogP contribution in [0.5, 0.6) is 0 Å². The number of aromatic nitrogens is 2. The summed E-state index contributed by atoms with van der Waals surface area (Å²) in [7, 11) is 0.